The molecule has 0 bridgehead atoms. The van der Waals surface area contributed by atoms with Crippen molar-refractivity contribution < 1.29 is 13.7 Å². The molecule has 1 aromatic carbocycles. The van der Waals surface area contributed by atoms with Gasteiger partial charge in [0, 0.05) is 29.8 Å². The lowest BCUT2D eigenvalue weighted by Gasteiger charge is -2.39. The fourth-order valence-electron chi connectivity index (χ4n) is 2.66. The first kappa shape index (κ1) is 17.7. The predicted octanol–water partition coefficient (Wildman–Crippen LogP) is 2.44. The number of benzene rings is 1. The smallest absolute Gasteiger partial charge is 0.182 e. The molecule has 0 radical (unpaired) electrons. The molecule has 1 fully saturated rings. The van der Waals surface area contributed by atoms with Gasteiger partial charge in [-0.15, -0.1) is 11.8 Å². The van der Waals surface area contributed by atoms with E-state index in [4.69, 9.17) is 4.74 Å². The van der Waals surface area contributed by atoms with Gasteiger partial charge in [0.15, 0.2) is 5.78 Å². The summed E-state index contributed by atoms with van der Waals surface area (Å²) >= 11 is 1.55. The van der Waals surface area contributed by atoms with Crippen LogP contribution in [-0.2, 0) is 15.5 Å². The van der Waals surface area contributed by atoms with Crippen molar-refractivity contribution in [2.24, 2.45) is 0 Å². The Morgan fingerprint density at radius 2 is 1.95 bits per heavy atom. The van der Waals surface area contributed by atoms with Gasteiger partial charge in [-0.25, -0.2) is 0 Å². The Hall–Kier alpha value is -0.690. The third kappa shape index (κ3) is 3.62. The molecule has 0 amide bonds. The molecule has 22 heavy (non-hydrogen) atoms. The number of morpholine rings is 1. The number of carbonyl (C=O) groups is 1. The molecule has 0 saturated carbocycles. The van der Waals surface area contributed by atoms with Gasteiger partial charge >= 0.3 is 0 Å². The summed E-state index contributed by atoms with van der Waals surface area (Å²) in [5.41, 5.74) is 0.0384. The van der Waals surface area contributed by atoms with E-state index >= 15 is 0 Å². The molecule has 0 aliphatic carbocycles. The highest BCUT2D eigenvalue weighted by Gasteiger charge is 2.36. The van der Waals surface area contributed by atoms with E-state index in [1.54, 1.807) is 24.1 Å². The van der Waals surface area contributed by atoms with Gasteiger partial charge in [-0.05, 0) is 32.2 Å². The van der Waals surface area contributed by atoms with Gasteiger partial charge in [0.25, 0.3) is 0 Å². The molecule has 4 nitrogen and oxygen atoms in total. The highest BCUT2D eigenvalue weighted by molar-refractivity contribution is 7.99. The molecule has 122 valence electrons. The maximum absolute atomic E-state index is 13.0. The summed E-state index contributed by atoms with van der Waals surface area (Å²) in [7, 11) is -1.11. The summed E-state index contributed by atoms with van der Waals surface area (Å²) in [6, 6.07) is 5.52. The van der Waals surface area contributed by atoms with E-state index in [1.807, 2.05) is 32.2 Å². The number of ether oxygens (including phenoxy) is 1. The number of hydrogen-bond donors (Lipinski definition) is 0. The number of nitrogens with zero attached hydrogens (tertiary/aromatic N) is 1. The third-order valence-corrected chi connectivity index (χ3v) is 5.98. The summed E-state index contributed by atoms with van der Waals surface area (Å²) in [5, 5.41) is 0. The van der Waals surface area contributed by atoms with Crippen molar-refractivity contribution >= 4 is 28.3 Å². The maximum atomic E-state index is 13.0. The Balaban J connectivity index is 2.32. The van der Waals surface area contributed by atoms with Crippen LogP contribution in [0, 0.1) is 0 Å². The zero-order valence-corrected chi connectivity index (χ0v) is 15.2. The number of Topliss-reactive ketones (excluding diaryl/α,β-unsaturated/α-hetero) is 1. The predicted molar refractivity (Wildman–Crippen MR) is 91.4 cm³/mol. The fourth-order valence-corrected chi connectivity index (χ4v) is 4.37. The lowest BCUT2D eigenvalue weighted by Crippen LogP contribution is -2.54. The van der Waals surface area contributed by atoms with Gasteiger partial charge in [0.1, 0.15) is 0 Å². The summed E-state index contributed by atoms with van der Waals surface area (Å²) < 4.78 is 17.3. The van der Waals surface area contributed by atoms with Crippen LogP contribution in [0.1, 0.15) is 24.2 Å². The van der Waals surface area contributed by atoms with E-state index in [9.17, 15) is 9.00 Å². The quantitative estimate of drug-likeness (QED) is 0.608. The topological polar surface area (TPSA) is 46.6 Å². The summed E-state index contributed by atoms with van der Waals surface area (Å²) in [6.07, 6.45) is 3.60. The normalized spacial score (nSPS) is 18.2. The highest BCUT2D eigenvalue weighted by Crippen LogP contribution is 2.28. The van der Waals surface area contributed by atoms with Crippen LogP contribution in [-0.4, -0.2) is 59.2 Å². The second kappa shape index (κ2) is 7.25. The summed E-state index contributed by atoms with van der Waals surface area (Å²) in [4.78, 5) is 16.8. The monoisotopic (exact) mass is 341 g/mol. The first-order chi connectivity index (χ1) is 10.4. The molecule has 1 aliphatic rings. The molecule has 1 unspecified atom stereocenters. The Kier molecular flexibility index (Phi) is 5.82. The Labute approximate surface area is 139 Å². The van der Waals surface area contributed by atoms with Crippen LogP contribution in [0.5, 0.6) is 0 Å². The molecule has 0 N–H and O–H groups in total. The van der Waals surface area contributed by atoms with Crippen molar-refractivity contribution in [3.05, 3.63) is 23.8 Å². The Morgan fingerprint density at radius 1 is 1.32 bits per heavy atom. The van der Waals surface area contributed by atoms with Gasteiger partial charge < -0.3 is 4.74 Å². The minimum absolute atomic E-state index is 0.0637. The van der Waals surface area contributed by atoms with Gasteiger partial charge in [-0.1, -0.05) is 6.07 Å². The maximum Gasteiger partial charge on any atom is 0.182 e. The van der Waals surface area contributed by atoms with E-state index in [0.717, 1.165) is 22.9 Å². The van der Waals surface area contributed by atoms with Crippen molar-refractivity contribution in [3.63, 3.8) is 0 Å². The lowest BCUT2D eigenvalue weighted by atomic mass is 9.91. The Bertz CT molecular complexity index is 581. The van der Waals surface area contributed by atoms with Gasteiger partial charge in [0.05, 0.1) is 34.4 Å². The third-order valence-electron chi connectivity index (χ3n) is 4.09. The van der Waals surface area contributed by atoms with Crippen LogP contribution in [0.4, 0.5) is 0 Å². The molecule has 1 heterocycles. The molecular weight excluding hydrogens is 318 g/mol. The zero-order chi connectivity index (χ0) is 16.3. The van der Waals surface area contributed by atoms with Crippen LogP contribution < -0.4 is 0 Å². The van der Waals surface area contributed by atoms with E-state index in [0.29, 0.717) is 18.8 Å². The highest BCUT2D eigenvalue weighted by atomic mass is 32.2. The fraction of sp³-hybridized carbons (Fsp3) is 0.562. The van der Waals surface area contributed by atoms with Crippen LogP contribution >= 0.6 is 11.8 Å². The largest absolute Gasteiger partial charge is 0.379 e. The van der Waals surface area contributed by atoms with Crippen LogP contribution in [0.3, 0.4) is 0 Å². The SMILES string of the molecule is CSc1ccc(C(=O)C(C)(C)N2CCOCC2)cc1S(C)=O. The Morgan fingerprint density at radius 3 is 2.50 bits per heavy atom. The summed E-state index contributed by atoms with van der Waals surface area (Å²) in [6.45, 7) is 6.73. The van der Waals surface area contributed by atoms with Crippen molar-refractivity contribution in [2.45, 2.75) is 29.2 Å². The van der Waals surface area contributed by atoms with Crippen LogP contribution in [0.15, 0.2) is 28.0 Å². The number of hydrogen-bond acceptors (Lipinski definition) is 5. The standard InChI is InChI=1S/C16H23NO3S2/c1-16(2,17-7-9-20-10-8-17)15(18)12-5-6-13(21-3)14(11-12)22(4)19/h5-6,11H,7-10H2,1-4H3. The summed E-state index contributed by atoms with van der Waals surface area (Å²) in [5.74, 6) is 0.0637. The first-order valence-electron chi connectivity index (χ1n) is 7.27. The molecule has 1 saturated heterocycles. The van der Waals surface area contributed by atoms with Crippen molar-refractivity contribution in [2.75, 3.05) is 38.8 Å². The number of rotatable bonds is 5. The molecule has 6 heteroatoms. The van der Waals surface area contributed by atoms with E-state index < -0.39 is 16.3 Å². The second-order valence-corrected chi connectivity index (χ2v) is 8.00. The molecule has 0 spiro atoms. The molecule has 1 aliphatic heterocycles. The van der Waals surface area contributed by atoms with Gasteiger partial charge in [0.2, 0.25) is 0 Å². The minimum Gasteiger partial charge on any atom is -0.379 e. The van der Waals surface area contributed by atoms with E-state index in [1.165, 1.54) is 0 Å². The molecule has 1 atom stereocenters. The van der Waals surface area contributed by atoms with E-state index in [-0.39, 0.29) is 5.78 Å². The molecule has 2 rings (SSSR count). The van der Waals surface area contributed by atoms with Gasteiger partial charge in [-0.2, -0.15) is 0 Å². The van der Waals surface area contributed by atoms with Crippen molar-refractivity contribution in [1.29, 1.82) is 0 Å². The van der Waals surface area contributed by atoms with Crippen LogP contribution in [0.25, 0.3) is 0 Å². The second-order valence-electron chi connectivity index (χ2n) is 5.81. The number of carbonyl (C=O) groups excluding carboxylic acids is 1. The van der Waals surface area contributed by atoms with Crippen molar-refractivity contribution in [1.82, 2.24) is 4.90 Å². The molecule has 0 aromatic heterocycles. The number of ketones is 1. The first-order valence-corrected chi connectivity index (χ1v) is 10.0. The lowest BCUT2D eigenvalue weighted by molar-refractivity contribution is -0.00430. The molecular formula is C16H23NO3S2. The van der Waals surface area contributed by atoms with Crippen LogP contribution in [0.2, 0.25) is 0 Å². The average molecular weight is 341 g/mol. The molecule has 1 aromatic rings. The average Bonchev–Trinajstić information content (AvgIpc) is 2.54. The number of thioether (sulfide) groups is 1. The van der Waals surface area contributed by atoms with Crippen molar-refractivity contribution in [3.8, 4) is 0 Å². The zero-order valence-electron chi connectivity index (χ0n) is 13.5. The van der Waals surface area contributed by atoms with E-state index in [2.05, 4.69) is 4.90 Å². The minimum atomic E-state index is -1.11. The van der Waals surface area contributed by atoms with Gasteiger partial charge in [-0.3, -0.25) is 13.9 Å².